The van der Waals surface area contributed by atoms with Gasteiger partial charge in [0.1, 0.15) is 5.78 Å². The Morgan fingerprint density at radius 3 is 1.17 bits per heavy atom. The summed E-state index contributed by atoms with van der Waals surface area (Å²) in [7, 11) is 0. The molecule has 0 bridgehead atoms. The number of Topliss-reactive ketones (excluding diaryl/α,β-unsaturated/α-hetero) is 1. The molecule has 0 rings (SSSR count). The smallest absolute Gasteiger partial charge is 0.450 e. The molecular weight excluding hydrogens is 168 g/mol. The lowest BCUT2D eigenvalue weighted by Gasteiger charge is -1.72. The van der Waals surface area contributed by atoms with Crippen LogP contribution in [0.25, 0.3) is 0 Å². The molecule has 0 aliphatic carbocycles. The number of azo groups is 1. The zero-order chi connectivity index (χ0) is 10.1. The lowest BCUT2D eigenvalue weighted by atomic mass is 10.6. The number of carbonyl (C=O) groups excluding carboxylic acids is 1. The Bertz CT molecular complexity index is 190. The molecule has 0 aromatic rings. The van der Waals surface area contributed by atoms with Gasteiger partial charge in [-0.1, -0.05) is 10.2 Å². The lowest BCUT2D eigenvalue weighted by molar-refractivity contribution is -0.115. The highest BCUT2D eigenvalue weighted by Crippen LogP contribution is 1.76. The molecule has 0 atom stereocenters. The monoisotopic (exact) mass is 176 g/mol. The van der Waals surface area contributed by atoms with Crippen molar-refractivity contribution in [2.24, 2.45) is 10.2 Å². The van der Waals surface area contributed by atoms with Gasteiger partial charge in [0.15, 0.2) is 0 Å². The highest BCUT2D eigenvalue weighted by atomic mass is 16.4. The van der Waals surface area contributed by atoms with Gasteiger partial charge in [0.25, 0.3) is 0 Å². The van der Waals surface area contributed by atoms with Crippen molar-refractivity contribution in [3.05, 3.63) is 0 Å². The number of hydrogen-bond acceptors (Lipinski definition) is 3. The van der Waals surface area contributed by atoms with Crippen molar-refractivity contribution in [1.82, 2.24) is 0 Å². The first-order chi connectivity index (χ1) is 5.36. The summed E-state index contributed by atoms with van der Waals surface area (Å²) in [5.41, 5.74) is 0. The minimum Gasteiger partial charge on any atom is -0.462 e. The molecule has 0 saturated carbocycles. The van der Waals surface area contributed by atoms with Gasteiger partial charge in [0, 0.05) is 0 Å². The first-order valence-corrected chi connectivity index (χ1v) is 2.71. The van der Waals surface area contributed by atoms with E-state index in [1.165, 1.54) is 13.8 Å². The summed E-state index contributed by atoms with van der Waals surface area (Å²) in [6, 6.07) is 0. The zero-order valence-corrected chi connectivity index (χ0v) is 6.51. The molecule has 0 aliphatic heterocycles. The van der Waals surface area contributed by atoms with E-state index >= 15 is 0 Å². The van der Waals surface area contributed by atoms with E-state index in [0.717, 1.165) is 0 Å². The first kappa shape index (κ1) is 12.8. The Hall–Kier alpha value is -1.79. The van der Waals surface area contributed by atoms with Crippen molar-refractivity contribution in [2.45, 2.75) is 13.8 Å². The molecule has 7 nitrogen and oxygen atoms in total. The zero-order valence-electron chi connectivity index (χ0n) is 6.51. The van der Waals surface area contributed by atoms with Crippen molar-refractivity contribution >= 4 is 18.0 Å². The molecule has 0 radical (unpaired) electrons. The third kappa shape index (κ3) is 41.4. The van der Waals surface area contributed by atoms with E-state index in [1.807, 2.05) is 0 Å². The summed E-state index contributed by atoms with van der Waals surface area (Å²) in [6.07, 6.45) is -3.24. The number of ketones is 1. The van der Waals surface area contributed by atoms with E-state index in [2.05, 4.69) is 10.2 Å². The van der Waals surface area contributed by atoms with E-state index in [9.17, 15) is 14.4 Å². The van der Waals surface area contributed by atoms with Crippen LogP contribution >= 0.6 is 0 Å². The fourth-order valence-electron chi connectivity index (χ4n) is 0.0855. The maximum Gasteiger partial charge on any atom is 0.450 e. The Balaban J connectivity index is 0. The van der Waals surface area contributed by atoms with Crippen LogP contribution in [0.4, 0.5) is 9.59 Å². The summed E-state index contributed by atoms with van der Waals surface area (Å²) in [4.78, 5) is 28.2. The number of rotatable bonds is 0. The average molecular weight is 176 g/mol. The normalized spacial score (nSPS) is 8.50. The van der Waals surface area contributed by atoms with Gasteiger partial charge in [-0.2, -0.15) is 0 Å². The molecule has 0 spiro atoms. The summed E-state index contributed by atoms with van der Waals surface area (Å²) in [5, 5.41) is 19.8. The molecule has 0 aromatic carbocycles. The minimum atomic E-state index is -1.62. The largest absolute Gasteiger partial charge is 0.462 e. The van der Waals surface area contributed by atoms with Crippen LogP contribution in [0.5, 0.6) is 0 Å². The maximum atomic E-state index is 9.44. The molecule has 0 unspecified atom stereocenters. The lowest BCUT2D eigenvalue weighted by Crippen LogP contribution is -1.87. The minimum absolute atomic E-state index is 0.167. The standard InChI is InChI=1S/C3H6O.C2H2N2O4/c1-3(2)4;5-1(6)3-4-2(7)8/h1-2H3;(H,5,6)(H,7,8). The molecule has 68 valence electrons. The van der Waals surface area contributed by atoms with Crippen LogP contribution in [0, 0.1) is 0 Å². The van der Waals surface area contributed by atoms with Crippen LogP contribution in [0.1, 0.15) is 13.8 Å². The van der Waals surface area contributed by atoms with Gasteiger partial charge in [0.2, 0.25) is 0 Å². The second-order valence-electron chi connectivity index (χ2n) is 1.67. The second kappa shape index (κ2) is 7.32. The maximum absolute atomic E-state index is 9.44. The number of amides is 2. The second-order valence-corrected chi connectivity index (χ2v) is 1.67. The van der Waals surface area contributed by atoms with Crippen LogP contribution < -0.4 is 0 Å². The molecule has 0 aromatic heterocycles. The first-order valence-electron chi connectivity index (χ1n) is 2.71. The van der Waals surface area contributed by atoms with Crippen molar-refractivity contribution < 1.29 is 24.6 Å². The fourth-order valence-corrected chi connectivity index (χ4v) is 0.0855. The topological polar surface area (TPSA) is 116 Å². The molecular formula is C5H8N2O5. The average Bonchev–Trinajstić information content (AvgIpc) is 1.82. The van der Waals surface area contributed by atoms with Crippen molar-refractivity contribution in [3.63, 3.8) is 0 Å². The Labute approximate surface area is 67.7 Å². The molecule has 12 heavy (non-hydrogen) atoms. The van der Waals surface area contributed by atoms with E-state index in [4.69, 9.17) is 10.2 Å². The number of hydrogen-bond donors (Lipinski definition) is 2. The van der Waals surface area contributed by atoms with Gasteiger partial charge >= 0.3 is 12.2 Å². The number of nitrogens with zero attached hydrogens (tertiary/aromatic N) is 2. The molecule has 0 heterocycles. The van der Waals surface area contributed by atoms with E-state index in [-0.39, 0.29) is 5.78 Å². The molecule has 0 aliphatic rings. The predicted octanol–water partition coefficient (Wildman–Crippen LogP) is 1.39. The molecule has 7 heteroatoms. The predicted molar refractivity (Wildman–Crippen MR) is 37.3 cm³/mol. The summed E-state index contributed by atoms with van der Waals surface area (Å²) >= 11 is 0. The van der Waals surface area contributed by atoms with Gasteiger partial charge in [0.05, 0.1) is 0 Å². The Morgan fingerprint density at radius 2 is 1.08 bits per heavy atom. The number of carbonyl (C=O) groups is 3. The summed E-state index contributed by atoms with van der Waals surface area (Å²) in [6.45, 7) is 3.06. The third-order valence-electron chi connectivity index (χ3n) is 0.221. The summed E-state index contributed by atoms with van der Waals surface area (Å²) < 4.78 is 0. The van der Waals surface area contributed by atoms with E-state index in [1.54, 1.807) is 0 Å². The van der Waals surface area contributed by atoms with Gasteiger partial charge in [-0.3, -0.25) is 0 Å². The third-order valence-corrected chi connectivity index (χ3v) is 0.221. The van der Waals surface area contributed by atoms with Crippen LogP contribution in [0.15, 0.2) is 10.2 Å². The van der Waals surface area contributed by atoms with E-state index in [0.29, 0.717) is 0 Å². The van der Waals surface area contributed by atoms with Crippen LogP contribution in [0.3, 0.4) is 0 Å². The van der Waals surface area contributed by atoms with Gasteiger partial charge in [-0.05, 0) is 13.8 Å². The Morgan fingerprint density at radius 1 is 0.917 bits per heavy atom. The molecule has 0 fully saturated rings. The quantitative estimate of drug-likeness (QED) is 0.541. The van der Waals surface area contributed by atoms with Gasteiger partial charge in [-0.25, -0.2) is 9.59 Å². The van der Waals surface area contributed by atoms with E-state index < -0.39 is 12.2 Å². The van der Waals surface area contributed by atoms with Gasteiger partial charge in [-0.15, -0.1) is 0 Å². The van der Waals surface area contributed by atoms with Crippen LogP contribution in [0.2, 0.25) is 0 Å². The number of carboxylic acid groups (broad SMARTS) is 2. The SMILES string of the molecule is CC(C)=O.O=C(O)N=NC(=O)O. The van der Waals surface area contributed by atoms with Crippen molar-refractivity contribution in [2.75, 3.05) is 0 Å². The van der Waals surface area contributed by atoms with Gasteiger partial charge < -0.3 is 15.0 Å². The highest BCUT2D eigenvalue weighted by molar-refractivity contribution is 5.72. The van der Waals surface area contributed by atoms with Crippen LogP contribution in [-0.4, -0.2) is 28.2 Å². The highest BCUT2D eigenvalue weighted by Gasteiger charge is 1.91. The van der Waals surface area contributed by atoms with Crippen molar-refractivity contribution in [3.8, 4) is 0 Å². The molecule has 2 N–H and O–H groups in total. The summed E-state index contributed by atoms with van der Waals surface area (Å²) in [5.74, 6) is 0.167. The fraction of sp³-hybridized carbons (Fsp3) is 0.400. The molecule has 2 amide bonds. The van der Waals surface area contributed by atoms with Crippen molar-refractivity contribution in [1.29, 1.82) is 0 Å². The van der Waals surface area contributed by atoms with Crippen LogP contribution in [-0.2, 0) is 4.79 Å². The molecule has 0 saturated heterocycles. The Kier molecular flexibility index (Phi) is 7.84.